The summed E-state index contributed by atoms with van der Waals surface area (Å²) in [6.45, 7) is 5.47. The lowest BCUT2D eigenvalue weighted by Crippen LogP contribution is -2.36. The second-order valence-corrected chi connectivity index (χ2v) is 13.6. The van der Waals surface area contributed by atoms with Crippen LogP contribution in [0.1, 0.15) is 56.9 Å². The molecule has 254 valence electrons. The smallest absolute Gasteiger partial charge is 0.136 e. The van der Waals surface area contributed by atoms with E-state index < -0.39 is 0 Å². The lowest BCUT2D eigenvalue weighted by atomic mass is 9.90. The van der Waals surface area contributed by atoms with Crippen LogP contribution >= 0.6 is 46.4 Å². The molecule has 0 bridgehead atoms. The van der Waals surface area contributed by atoms with Crippen LogP contribution in [0, 0.1) is 11.8 Å². The van der Waals surface area contributed by atoms with Gasteiger partial charge in [-0.15, -0.1) is 0 Å². The van der Waals surface area contributed by atoms with E-state index in [2.05, 4.69) is 37.2 Å². The topological polar surface area (TPSA) is 104 Å². The first-order chi connectivity index (χ1) is 22.8. The molecule has 0 amide bonds. The number of hydrogen-bond donors (Lipinski definition) is 2. The average Bonchev–Trinajstić information content (AvgIpc) is 3.08. The van der Waals surface area contributed by atoms with Gasteiger partial charge in [-0.25, -0.2) is 0 Å². The van der Waals surface area contributed by atoms with Crippen molar-refractivity contribution in [3.63, 3.8) is 0 Å². The fourth-order valence-corrected chi connectivity index (χ4v) is 7.37. The molecule has 47 heavy (non-hydrogen) atoms. The Morgan fingerprint density at radius 1 is 0.702 bits per heavy atom. The van der Waals surface area contributed by atoms with E-state index in [4.69, 9.17) is 52.1 Å². The second-order valence-electron chi connectivity index (χ2n) is 12.0. The van der Waals surface area contributed by atoms with Crippen molar-refractivity contribution < 1.29 is 9.59 Å². The highest BCUT2D eigenvalue weighted by Gasteiger charge is 2.28. The third kappa shape index (κ3) is 11.3. The van der Waals surface area contributed by atoms with Crippen molar-refractivity contribution in [3.8, 4) is 0 Å². The number of pyridine rings is 2. The Bertz CT molecular complexity index is 1390. The van der Waals surface area contributed by atoms with Gasteiger partial charge in [0.1, 0.15) is 11.6 Å². The summed E-state index contributed by atoms with van der Waals surface area (Å²) in [5.74, 6) is 1.01. The van der Waals surface area contributed by atoms with Crippen LogP contribution in [-0.4, -0.2) is 60.8 Å². The van der Waals surface area contributed by atoms with Crippen molar-refractivity contribution in [2.75, 3.05) is 49.1 Å². The fraction of sp³-hybridized carbons (Fsp3) is 0.486. The maximum absolute atomic E-state index is 12.5. The molecule has 12 heteroatoms. The van der Waals surface area contributed by atoms with Gasteiger partial charge in [0.25, 0.3) is 0 Å². The number of aromatic nitrogens is 2. The van der Waals surface area contributed by atoms with Gasteiger partial charge in [0.05, 0.1) is 31.5 Å². The summed E-state index contributed by atoms with van der Waals surface area (Å²) in [5.41, 5.74) is 8.38. The van der Waals surface area contributed by atoms with Crippen LogP contribution in [0.4, 0.5) is 11.4 Å². The maximum atomic E-state index is 12.5. The van der Waals surface area contributed by atoms with E-state index in [9.17, 15) is 9.59 Å². The minimum absolute atomic E-state index is 0.148. The average molecular weight is 723 g/mol. The number of piperidine rings is 2. The summed E-state index contributed by atoms with van der Waals surface area (Å²) in [6, 6.07) is 10.3. The van der Waals surface area contributed by atoms with Crippen LogP contribution in [0.3, 0.4) is 0 Å². The number of ketones is 2. The molecule has 2 aromatic heterocycles. The highest BCUT2D eigenvalue weighted by atomic mass is 35.5. The van der Waals surface area contributed by atoms with Crippen LogP contribution in [0.15, 0.2) is 55.1 Å². The highest BCUT2D eigenvalue weighted by Crippen LogP contribution is 2.36. The van der Waals surface area contributed by atoms with Crippen molar-refractivity contribution in [2.24, 2.45) is 17.6 Å². The number of carbonyl (C=O) groups excluding carboxylic acids is 2. The molecule has 2 aliphatic rings. The van der Waals surface area contributed by atoms with Gasteiger partial charge in [-0.05, 0) is 57.2 Å². The number of Topliss-reactive ketones (excluding diaryl/α,β-unsaturated/α-hetero) is 2. The van der Waals surface area contributed by atoms with Crippen LogP contribution in [0.5, 0.6) is 0 Å². The number of rotatable bonds is 13. The Morgan fingerprint density at radius 2 is 1.13 bits per heavy atom. The van der Waals surface area contributed by atoms with E-state index >= 15 is 0 Å². The summed E-state index contributed by atoms with van der Waals surface area (Å²) in [6.07, 6.45) is 12.7. The molecule has 0 spiro atoms. The molecular formula is C35H44Cl4N6O2. The maximum Gasteiger partial charge on any atom is 0.136 e. The molecule has 2 aliphatic heterocycles. The van der Waals surface area contributed by atoms with Crippen LogP contribution in [0.25, 0.3) is 0 Å². The molecule has 5 rings (SSSR count). The Hall–Kier alpha value is -2.46. The first kappa shape index (κ1) is 37.4. The number of nitrogens with two attached hydrogens (primary N) is 1. The number of anilines is 2. The van der Waals surface area contributed by atoms with Crippen molar-refractivity contribution >= 4 is 69.3 Å². The zero-order valence-corrected chi connectivity index (χ0v) is 29.7. The molecule has 2 fully saturated rings. The summed E-state index contributed by atoms with van der Waals surface area (Å²) >= 11 is 24.8. The van der Waals surface area contributed by atoms with Gasteiger partial charge in [0, 0.05) is 82.2 Å². The summed E-state index contributed by atoms with van der Waals surface area (Å²) in [5, 5.41) is 5.66. The molecule has 2 saturated heterocycles. The predicted molar refractivity (Wildman–Crippen MR) is 194 cm³/mol. The van der Waals surface area contributed by atoms with E-state index in [1.165, 1.54) is 5.56 Å². The SMILES string of the molecule is NCCCC(=O)C1CCN(c2c(Cl)cncc2Cl)CC1.O=C(CCCNCc1ccccc1)C1CCN(c2c(Cl)cncc2Cl)CC1. The zero-order chi connectivity index (χ0) is 33.6. The van der Waals surface area contributed by atoms with Gasteiger partial charge >= 0.3 is 0 Å². The van der Waals surface area contributed by atoms with Gasteiger partial charge < -0.3 is 20.9 Å². The van der Waals surface area contributed by atoms with Crippen LogP contribution < -0.4 is 20.9 Å². The molecule has 0 saturated carbocycles. The number of carbonyl (C=O) groups is 2. The number of nitrogens with zero attached hydrogens (tertiary/aromatic N) is 4. The largest absolute Gasteiger partial charge is 0.369 e. The third-order valence-electron chi connectivity index (χ3n) is 8.77. The third-order valence-corrected chi connectivity index (χ3v) is 9.87. The van der Waals surface area contributed by atoms with Crippen LogP contribution in [0.2, 0.25) is 20.1 Å². The number of halogens is 4. The van der Waals surface area contributed by atoms with Crippen molar-refractivity contribution in [1.29, 1.82) is 0 Å². The molecule has 3 N–H and O–H groups in total. The first-order valence-corrected chi connectivity index (χ1v) is 17.9. The lowest BCUT2D eigenvalue weighted by Gasteiger charge is -2.33. The van der Waals surface area contributed by atoms with Gasteiger partial charge in [-0.3, -0.25) is 19.6 Å². The standard InChI is InChI=1S/C21H25Cl2N3O.C14H19Cl2N3O/c22-18-14-25-15-19(23)21(18)26-11-8-17(9-12-26)20(27)7-4-10-24-13-16-5-2-1-3-6-16;15-11-8-18-9-12(16)14(11)19-6-3-10(4-7-19)13(20)2-1-5-17/h1-3,5-6,14-15,17,24H,4,7-13H2;8-10H,1-7,17H2. The number of nitrogens with one attached hydrogen (secondary N) is 1. The number of hydrogen-bond acceptors (Lipinski definition) is 8. The van der Waals surface area contributed by atoms with Crippen molar-refractivity contribution in [2.45, 2.75) is 57.9 Å². The monoisotopic (exact) mass is 720 g/mol. The minimum Gasteiger partial charge on any atom is -0.369 e. The predicted octanol–water partition coefficient (Wildman–Crippen LogP) is 7.66. The van der Waals surface area contributed by atoms with Gasteiger partial charge in [0.15, 0.2) is 0 Å². The Morgan fingerprint density at radius 3 is 1.55 bits per heavy atom. The van der Waals surface area contributed by atoms with Crippen LogP contribution in [-0.2, 0) is 16.1 Å². The van der Waals surface area contributed by atoms with E-state index in [1.54, 1.807) is 24.8 Å². The Labute approximate surface area is 298 Å². The summed E-state index contributed by atoms with van der Waals surface area (Å²) in [7, 11) is 0. The van der Waals surface area contributed by atoms with Gasteiger partial charge in [0.2, 0.25) is 0 Å². The van der Waals surface area contributed by atoms with E-state index in [0.29, 0.717) is 51.0 Å². The molecule has 3 aromatic rings. The van der Waals surface area contributed by atoms with Crippen molar-refractivity contribution in [1.82, 2.24) is 15.3 Å². The molecule has 8 nitrogen and oxygen atoms in total. The number of benzene rings is 1. The van der Waals surface area contributed by atoms with Gasteiger partial charge in [-0.2, -0.15) is 0 Å². The second kappa shape index (κ2) is 19.5. The zero-order valence-electron chi connectivity index (χ0n) is 26.7. The minimum atomic E-state index is 0.148. The fourth-order valence-electron chi connectivity index (χ4n) is 6.16. The molecular weight excluding hydrogens is 678 g/mol. The van der Waals surface area contributed by atoms with E-state index in [1.807, 2.05) is 18.2 Å². The molecule has 4 heterocycles. The normalized spacial score (nSPS) is 15.7. The molecule has 0 aliphatic carbocycles. The van der Waals surface area contributed by atoms with E-state index in [-0.39, 0.29) is 11.8 Å². The van der Waals surface area contributed by atoms with Crippen molar-refractivity contribution in [3.05, 3.63) is 80.8 Å². The summed E-state index contributed by atoms with van der Waals surface area (Å²) < 4.78 is 0. The lowest BCUT2D eigenvalue weighted by molar-refractivity contribution is -0.124. The quantitative estimate of drug-likeness (QED) is 0.174. The Balaban J connectivity index is 0.000000223. The molecule has 0 unspecified atom stereocenters. The Kier molecular flexibility index (Phi) is 15.5. The van der Waals surface area contributed by atoms with E-state index in [0.717, 1.165) is 89.2 Å². The summed E-state index contributed by atoms with van der Waals surface area (Å²) in [4.78, 5) is 36.8. The first-order valence-electron chi connectivity index (χ1n) is 16.4. The van der Waals surface area contributed by atoms with Gasteiger partial charge in [-0.1, -0.05) is 76.7 Å². The molecule has 1 aromatic carbocycles. The molecule has 0 atom stereocenters. The molecule has 0 radical (unpaired) electrons. The highest BCUT2D eigenvalue weighted by molar-refractivity contribution is 6.39.